The molecule has 0 amide bonds. The quantitative estimate of drug-likeness (QED) is 0.450. The van der Waals surface area contributed by atoms with Crippen LogP contribution in [0, 0.1) is 6.92 Å². The Labute approximate surface area is 101 Å². The Morgan fingerprint density at radius 1 is 1.35 bits per heavy atom. The Balaban J connectivity index is 2.44. The van der Waals surface area contributed by atoms with Crippen molar-refractivity contribution in [2.45, 2.75) is 26.2 Å². The fourth-order valence-electron chi connectivity index (χ4n) is 1.49. The predicted octanol–water partition coefficient (Wildman–Crippen LogP) is 1.90. The van der Waals surface area contributed by atoms with Gasteiger partial charge in [-0.3, -0.25) is 0 Å². The van der Waals surface area contributed by atoms with Gasteiger partial charge in [-0.05, 0) is 37.8 Å². The van der Waals surface area contributed by atoms with Gasteiger partial charge in [0.1, 0.15) is 0 Å². The lowest BCUT2D eigenvalue weighted by molar-refractivity contribution is 0.0498. The predicted molar refractivity (Wildman–Crippen MR) is 66.8 cm³/mol. The van der Waals surface area contributed by atoms with Crippen molar-refractivity contribution >= 4 is 11.7 Å². The average molecular weight is 237 g/mol. The summed E-state index contributed by atoms with van der Waals surface area (Å²) in [5.74, 6) is -0.379. The summed E-state index contributed by atoms with van der Waals surface area (Å²) < 4.78 is 5.11. The maximum absolute atomic E-state index is 11.7. The minimum absolute atomic E-state index is 0.179. The van der Waals surface area contributed by atoms with Crippen LogP contribution in [0.25, 0.3) is 0 Å². The summed E-state index contributed by atoms with van der Waals surface area (Å²) in [7, 11) is 0. The van der Waals surface area contributed by atoms with Gasteiger partial charge in [0, 0.05) is 12.3 Å². The molecule has 1 rings (SSSR count). The second-order valence-corrected chi connectivity index (χ2v) is 3.96. The van der Waals surface area contributed by atoms with Crippen molar-refractivity contribution in [1.82, 2.24) is 0 Å². The van der Waals surface area contributed by atoms with Crippen LogP contribution in [-0.2, 0) is 4.74 Å². The van der Waals surface area contributed by atoms with Crippen molar-refractivity contribution in [3.05, 3.63) is 29.3 Å². The highest BCUT2D eigenvalue weighted by Gasteiger charge is 2.11. The molecule has 0 aliphatic carbocycles. The maximum atomic E-state index is 11.7. The third-order valence-corrected chi connectivity index (χ3v) is 2.58. The molecule has 94 valence electrons. The number of para-hydroxylation sites is 1. The molecule has 0 aliphatic heterocycles. The molecule has 0 saturated heterocycles. The van der Waals surface area contributed by atoms with Crippen molar-refractivity contribution in [2.24, 2.45) is 0 Å². The van der Waals surface area contributed by atoms with E-state index in [0.717, 1.165) is 24.8 Å². The number of carbonyl (C=O) groups excluding carboxylic acids is 1. The molecule has 0 bridgehead atoms. The Kier molecular flexibility index (Phi) is 5.49. The number of ether oxygens (including phenoxy) is 1. The molecule has 0 aliphatic rings. The van der Waals surface area contributed by atoms with E-state index in [4.69, 9.17) is 15.6 Å². The van der Waals surface area contributed by atoms with Crippen LogP contribution in [0.5, 0.6) is 0 Å². The smallest absolute Gasteiger partial charge is 0.340 e. The van der Waals surface area contributed by atoms with E-state index in [1.807, 2.05) is 13.0 Å². The van der Waals surface area contributed by atoms with Crippen LogP contribution in [0.3, 0.4) is 0 Å². The summed E-state index contributed by atoms with van der Waals surface area (Å²) in [6, 6.07) is 5.31. The second kappa shape index (κ2) is 6.91. The van der Waals surface area contributed by atoms with Crippen LogP contribution in [0.2, 0.25) is 0 Å². The molecule has 0 saturated carbocycles. The Morgan fingerprint density at radius 2 is 2.12 bits per heavy atom. The topological polar surface area (TPSA) is 72.5 Å². The van der Waals surface area contributed by atoms with Gasteiger partial charge in [-0.2, -0.15) is 0 Å². The summed E-state index contributed by atoms with van der Waals surface area (Å²) in [5.41, 5.74) is 7.58. The number of benzene rings is 1. The molecule has 0 atom stereocenters. The van der Waals surface area contributed by atoms with E-state index in [0.29, 0.717) is 17.9 Å². The van der Waals surface area contributed by atoms with E-state index in [1.54, 1.807) is 12.1 Å². The molecule has 1 aromatic rings. The van der Waals surface area contributed by atoms with E-state index in [-0.39, 0.29) is 12.6 Å². The van der Waals surface area contributed by atoms with E-state index < -0.39 is 0 Å². The van der Waals surface area contributed by atoms with Crippen molar-refractivity contribution < 1.29 is 14.6 Å². The number of nitrogen functional groups attached to an aromatic ring is 1. The molecule has 0 aromatic heterocycles. The lowest BCUT2D eigenvalue weighted by atomic mass is 10.1. The van der Waals surface area contributed by atoms with Gasteiger partial charge in [0.05, 0.1) is 12.2 Å². The summed E-state index contributed by atoms with van der Waals surface area (Å²) in [5, 5.41) is 8.60. The molecular weight excluding hydrogens is 218 g/mol. The van der Waals surface area contributed by atoms with Gasteiger partial charge in [-0.15, -0.1) is 0 Å². The number of aliphatic hydroxyl groups is 1. The lowest BCUT2D eigenvalue weighted by Crippen LogP contribution is -2.10. The highest BCUT2D eigenvalue weighted by atomic mass is 16.5. The summed E-state index contributed by atoms with van der Waals surface area (Å²) in [4.78, 5) is 11.7. The fourth-order valence-corrected chi connectivity index (χ4v) is 1.49. The molecular formula is C13H19NO3. The maximum Gasteiger partial charge on any atom is 0.340 e. The number of hydrogen-bond acceptors (Lipinski definition) is 4. The number of aliphatic hydroxyl groups excluding tert-OH is 1. The zero-order valence-electron chi connectivity index (χ0n) is 10.1. The van der Waals surface area contributed by atoms with Gasteiger partial charge in [0.15, 0.2) is 0 Å². The molecule has 3 N–H and O–H groups in total. The minimum Gasteiger partial charge on any atom is -0.462 e. The number of carbonyl (C=O) groups is 1. The number of anilines is 1. The van der Waals surface area contributed by atoms with Gasteiger partial charge in [0.25, 0.3) is 0 Å². The van der Waals surface area contributed by atoms with Crippen LogP contribution in [0.15, 0.2) is 18.2 Å². The van der Waals surface area contributed by atoms with Crippen LogP contribution in [0.4, 0.5) is 5.69 Å². The normalized spacial score (nSPS) is 10.2. The standard InChI is InChI=1S/C13H19NO3/c1-10-6-5-7-11(12(10)14)13(16)17-9-4-2-3-8-15/h5-7,15H,2-4,8-9,14H2,1H3. The number of rotatable bonds is 6. The Morgan fingerprint density at radius 3 is 2.82 bits per heavy atom. The molecule has 0 radical (unpaired) electrons. The largest absolute Gasteiger partial charge is 0.462 e. The number of unbranched alkanes of at least 4 members (excludes halogenated alkanes) is 2. The first-order valence-corrected chi connectivity index (χ1v) is 5.80. The summed E-state index contributed by atoms with van der Waals surface area (Å²) in [6.07, 6.45) is 2.36. The molecule has 0 fully saturated rings. The van der Waals surface area contributed by atoms with Gasteiger partial charge in [0.2, 0.25) is 0 Å². The first-order valence-electron chi connectivity index (χ1n) is 5.80. The van der Waals surface area contributed by atoms with Crippen molar-refractivity contribution in [2.75, 3.05) is 18.9 Å². The zero-order chi connectivity index (χ0) is 12.7. The summed E-state index contributed by atoms with van der Waals surface area (Å²) in [6.45, 7) is 2.40. The Hall–Kier alpha value is -1.55. The highest BCUT2D eigenvalue weighted by molar-refractivity contribution is 5.95. The molecule has 0 unspecified atom stereocenters. The number of aryl methyl sites for hydroxylation is 1. The lowest BCUT2D eigenvalue weighted by Gasteiger charge is -2.08. The Bertz CT molecular complexity index is 377. The van der Waals surface area contributed by atoms with Gasteiger partial charge >= 0.3 is 5.97 Å². The van der Waals surface area contributed by atoms with Gasteiger partial charge in [-0.25, -0.2) is 4.79 Å². The molecule has 17 heavy (non-hydrogen) atoms. The first-order chi connectivity index (χ1) is 8.16. The molecule has 0 spiro atoms. The van der Waals surface area contributed by atoms with Crippen LogP contribution in [-0.4, -0.2) is 24.3 Å². The van der Waals surface area contributed by atoms with E-state index in [9.17, 15) is 4.79 Å². The van der Waals surface area contributed by atoms with Gasteiger partial charge in [-0.1, -0.05) is 12.1 Å². The number of hydrogen-bond donors (Lipinski definition) is 2. The third-order valence-electron chi connectivity index (χ3n) is 2.58. The van der Waals surface area contributed by atoms with Crippen molar-refractivity contribution in [3.63, 3.8) is 0 Å². The average Bonchev–Trinajstić information content (AvgIpc) is 2.32. The summed E-state index contributed by atoms with van der Waals surface area (Å²) >= 11 is 0. The number of esters is 1. The molecule has 1 aromatic carbocycles. The highest BCUT2D eigenvalue weighted by Crippen LogP contribution is 2.17. The van der Waals surface area contributed by atoms with Crippen molar-refractivity contribution in [3.8, 4) is 0 Å². The van der Waals surface area contributed by atoms with Crippen LogP contribution >= 0.6 is 0 Å². The molecule has 0 heterocycles. The zero-order valence-corrected chi connectivity index (χ0v) is 10.1. The third kappa shape index (κ3) is 4.07. The van der Waals surface area contributed by atoms with E-state index in [2.05, 4.69) is 0 Å². The molecule has 4 heteroatoms. The fraction of sp³-hybridized carbons (Fsp3) is 0.462. The molecule has 4 nitrogen and oxygen atoms in total. The van der Waals surface area contributed by atoms with Crippen LogP contribution < -0.4 is 5.73 Å². The second-order valence-electron chi connectivity index (χ2n) is 3.96. The first kappa shape index (κ1) is 13.5. The SMILES string of the molecule is Cc1cccc(C(=O)OCCCCCO)c1N. The monoisotopic (exact) mass is 237 g/mol. The van der Waals surface area contributed by atoms with Gasteiger partial charge < -0.3 is 15.6 Å². The van der Waals surface area contributed by atoms with Crippen molar-refractivity contribution in [1.29, 1.82) is 0 Å². The van der Waals surface area contributed by atoms with E-state index in [1.165, 1.54) is 0 Å². The van der Waals surface area contributed by atoms with E-state index >= 15 is 0 Å². The minimum atomic E-state index is -0.379. The number of nitrogens with two attached hydrogens (primary N) is 1. The van der Waals surface area contributed by atoms with Crippen LogP contribution in [0.1, 0.15) is 35.2 Å².